The van der Waals surface area contributed by atoms with Crippen LogP contribution in [0.5, 0.6) is 0 Å². The average Bonchev–Trinajstić information content (AvgIpc) is 3.09. The largest absolute Gasteiger partial charge is 0.460 e. The number of esters is 1. The first-order chi connectivity index (χ1) is 16.3. The first kappa shape index (κ1) is 28.4. The third-order valence-corrected chi connectivity index (χ3v) is 6.19. The molecule has 2 rings (SSSR count). The average molecular weight is 497 g/mol. The van der Waals surface area contributed by atoms with Gasteiger partial charge in [-0.1, -0.05) is 39.0 Å². The Labute approximate surface area is 206 Å². The number of nitrogens with one attached hydrogen (secondary N) is 3. The maximum atomic E-state index is 13.1. The second-order valence-corrected chi connectivity index (χ2v) is 10.6. The Balaban J connectivity index is 2.02. The van der Waals surface area contributed by atoms with Crippen LogP contribution in [0.2, 0.25) is 0 Å². The fraction of sp³-hybridized carbons (Fsp3) is 0.792. The van der Waals surface area contributed by atoms with Crippen molar-refractivity contribution in [1.82, 2.24) is 16.0 Å². The highest BCUT2D eigenvalue weighted by atomic mass is 16.6. The molecule has 2 aliphatic rings. The topological polar surface area (TPSA) is 166 Å². The molecule has 1 heterocycles. The van der Waals surface area contributed by atoms with Crippen molar-refractivity contribution in [2.75, 3.05) is 6.54 Å². The summed E-state index contributed by atoms with van der Waals surface area (Å²) in [5.74, 6) is -2.20. The highest BCUT2D eigenvalue weighted by Gasteiger charge is 2.39. The molecule has 0 aromatic carbocycles. The molecule has 0 unspecified atom stereocenters. The van der Waals surface area contributed by atoms with Crippen molar-refractivity contribution in [3.8, 4) is 0 Å². The van der Waals surface area contributed by atoms with Gasteiger partial charge < -0.3 is 31.2 Å². The summed E-state index contributed by atoms with van der Waals surface area (Å²) in [6, 6.07) is -1.67. The zero-order chi connectivity index (χ0) is 26.2. The summed E-state index contributed by atoms with van der Waals surface area (Å²) in [4.78, 5) is 60.9. The van der Waals surface area contributed by atoms with Crippen LogP contribution in [-0.4, -0.2) is 60.1 Å². The van der Waals surface area contributed by atoms with Crippen molar-refractivity contribution in [2.24, 2.45) is 17.6 Å². The maximum absolute atomic E-state index is 13.1. The minimum atomic E-state index is -1.23. The molecule has 11 heteroatoms. The Morgan fingerprint density at radius 3 is 2.31 bits per heavy atom. The van der Waals surface area contributed by atoms with E-state index in [1.807, 2.05) is 0 Å². The van der Waals surface area contributed by atoms with E-state index in [4.69, 9.17) is 15.2 Å². The molecule has 2 fully saturated rings. The number of hydrogen-bond donors (Lipinski definition) is 4. The number of amides is 4. The van der Waals surface area contributed by atoms with Crippen LogP contribution in [0.4, 0.5) is 4.79 Å². The number of hydrogen-bond acceptors (Lipinski definition) is 7. The molecule has 1 saturated carbocycles. The Morgan fingerprint density at radius 1 is 1.11 bits per heavy atom. The molecule has 4 amide bonds. The normalized spacial score (nSPS) is 22.5. The number of carbonyl (C=O) groups is 5. The molecular weight excluding hydrogens is 456 g/mol. The van der Waals surface area contributed by atoms with Gasteiger partial charge in [-0.05, 0) is 39.5 Å². The van der Waals surface area contributed by atoms with Gasteiger partial charge in [-0.25, -0.2) is 4.79 Å². The zero-order valence-corrected chi connectivity index (χ0v) is 21.2. The van der Waals surface area contributed by atoms with Gasteiger partial charge in [-0.15, -0.1) is 0 Å². The van der Waals surface area contributed by atoms with Crippen LogP contribution < -0.4 is 21.7 Å². The van der Waals surface area contributed by atoms with Crippen LogP contribution in [0.15, 0.2) is 0 Å². The molecule has 1 aliphatic carbocycles. The van der Waals surface area contributed by atoms with Crippen LogP contribution in [0, 0.1) is 11.8 Å². The van der Waals surface area contributed by atoms with E-state index in [0.717, 1.165) is 25.7 Å². The molecule has 0 radical (unpaired) electrons. The minimum Gasteiger partial charge on any atom is -0.460 e. The molecule has 1 aliphatic heterocycles. The standard InChI is InChI=1S/C24H40N4O7/c1-14-10-18(34-22(14)32)16(11-15-8-6-5-7-9-15)28-21(31)17(12-19(25)29)27-20(30)13-26-23(33)35-24(2,3)4/h14-18H,5-13H2,1-4H3,(H2,25,29)(H,26,33)(H,27,30)(H,28,31)/t14-,16+,17+,18+/m1/s1. The Kier molecular flexibility index (Phi) is 10.3. The van der Waals surface area contributed by atoms with Gasteiger partial charge in [0.2, 0.25) is 17.7 Å². The smallest absolute Gasteiger partial charge is 0.408 e. The first-order valence-corrected chi connectivity index (χ1v) is 12.4. The summed E-state index contributed by atoms with van der Waals surface area (Å²) in [5.41, 5.74) is 4.58. The Hall–Kier alpha value is -2.85. The monoisotopic (exact) mass is 496 g/mol. The second-order valence-electron chi connectivity index (χ2n) is 10.6. The lowest BCUT2D eigenvalue weighted by molar-refractivity contribution is -0.145. The van der Waals surface area contributed by atoms with E-state index in [-0.39, 0.29) is 11.9 Å². The van der Waals surface area contributed by atoms with E-state index < -0.39 is 60.6 Å². The van der Waals surface area contributed by atoms with Gasteiger partial charge in [0, 0.05) is 0 Å². The van der Waals surface area contributed by atoms with Crippen molar-refractivity contribution in [1.29, 1.82) is 0 Å². The van der Waals surface area contributed by atoms with Crippen molar-refractivity contribution >= 4 is 29.8 Å². The molecule has 0 aromatic heterocycles. The fourth-order valence-electron chi connectivity index (χ4n) is 4.50. The number of primary amides is 1. The summed E-state index contributed by atoms with van der Waals surface area (Å²) in [6.07, 6.45) is 4.98. The van der Waals surface area contributed by atoms with Crippen molar-refractivity contribution in [2.45, 2.75) is 103 Å². The van der Waals surface area contributed by atoms with E-state index in [9.17, 15) is 24.0 Å². The molecule has 0 bridgehead atoms. The highest BCUT2D eigenvalue weighted by Crippen LogP contribution is 2.31. The summed E-state index contributed by atoms with van der Waals surface area (Å²) < 4.78 is 10.6. The number of alkyl carbamates (subject to hydrolysis) is 1. The predicted molar refractivity (Wildman–Crippen MR) is 127 cm³/mol. The third-order valence-electron chi connectivity index (χ3n) is 6.19. The SMILES string of the molecule is C[C@@H]1C[C@@H]([C@H](CC2CCCCC2)NC(=O)[C@H](CC(N)=O)NC(=O)CNC(=O)OC(C)(C)C)OC1=O. The Morgan fingerprint density at radius 2 is 1.77 bits per heavy atom. The van der Waals surface area contributed by atoms with Gasteiger partial charge in [-0.2, -0.15) is 0 Å². The number of nitrogens with two attached hydrogens (primary N) is 1. The van der Waals surface area contributed by atoms with Gasteiger partial charge in [0.25, 0.3) is 0 Å². The lowest BCUT2D eigenvalue weighted by atomic mass is 9.83. The second kappa shape index (κ2) is 12.7. The molecule has 0 aromatic rings. The highest BCUT2D eigenvalue weighted by molar-refractivity contribution is 5.93. The van der Waals surface area contributed by atoms with Gasteiger partial charge in [0.15, 0.2) is 0 Å². The van der Waals surface area contributed by atoms with Crippen molar-refractivity contribution < 1.29 is 33.4 Å². The van der Waals surface area contributed by atoms with Gasteiger partial charge >= 0.3 is 12.1 Å². The number of rotatable bonds is 10. The molecule has 1 saturated heterocycles. The van der Waals surface area contributed by atoms with E-state index in [0.29, 0.717) is 18.8 Å². The van der Waals surface area contributed by atoms with Gasteiger partial charge in [0.1, 0.15) is 24.3 Å². The van der Waals surface area contributed by atoms with Crippen LogP contribution in [0.3, 0.4) is 0 Å². The van der Waals surface area contributed by atoms with Crippen LogP contribution in [0.25, 0.3) is 0 Å². The first-order valence-electron chi connectivity index (χ1n) is 12.4. The summed E-state index contributed by atoms with van der Waals surface area (Å²) in [7, 11) is 0. The van der Waals surface area contributed by atoms with E-state index in [1.165, 1.54) is 6.42 Å². The number of cyclic esters (lactones) is 1. The summed E-state index contributed by atoms with van der Waals surface area (Å²) in [5, 5.41) is 7.66. The molecule has 11 nitrogen and oxygen atoms in total. The van der Waals surface area contributed by atoms with Crippen LogP contribution >= 0.6 is 0 Å². The summed E-state index contributed by atoms with van der Waals surface area (Å²) in [6.45, 7) is 6.40. The lowest BCUT2D eigenvalue weighted by Crippen LogP contribution is -2.55. The van der Waals surface area contributed by atoms with Crippen LogP contribution in [-0.2, 0) is 28.7 Å². The van der Waals surface area contributed by atoms with Crippen LogP contribution in [0.1, 0.15) is 79.1 Å². The lowest BCUT2D eigenvalue weighted by Gasteiger charge is -2.31. The quantitative estimate of drug-likeness (QED) is 0.331. The minimum absolute atomic E-state index is 0.259. The fourth-order valence-corrected chi connectivity index (χ4v) is 4.50. The number of ether oxygens (including phenoxy) is 2. The third kappa shape index (κ3) is 10.1. The Bertz CT molecular complexity index is 789. The zero-order valence-electron chi connectivity index (χ0n) is 21.2. The van der Waals surface area contributed by atoms with E-state index in [2.05, 4.69) is 16.0 Å². The van der Waals surface area contributed by atoms with Crippen molar-refractivity contribution in [3.63, 3.8) is 0 Å². The van der Waals surface area contributed by atoms with Gasteiger partial charge in [0.05, 0.1) is 18.4 Å². The molecule has 4 atom stereocenters. The summed E-state index contributed by atoms with van der Waals surface area (Å²) >= 11 is 0. The molecule has 198 valence electrons. The van der Waals surface area contributed by atoms with E-state index in [1.54, 1.807) is 27.7 Å². The predicted octanol–water partition coefficient (Wildman–Crippen LogP) is 1.28. The molecule has 5 N–H and O–H groups in total. The van der Waals surface area contributed by atoms with Gasteiger partial charge in [-0.3, -0.25) is 19.2 Å². The van der Waals surface area contributed by atoms with Crippen molar-refractivity contribution in [3.05, 3.63) is 0 Å². The van der Waals surface area contributed by atoms with E-state index >= 15 is 0 Å². The molecular formula is C24H40N4O7. The molecule has 35 heavy (non-hydrogen) atoms. The maximum Gasteiger partial charge on any atom is 0.408 e. The molecule has 0 spiro atoms. The number of carbonyl (C=O) groups excluding carboxylic acids is 5.